The molecule has 0 aliphatic heterocycles. The summed E-state index contributed by atoms with van der Waals surface area (Å²) >= 11 is 1.64. The number of fused-ring (bicyclic) bond motifs is 2. The lowest BCUT2D eigenvalue weighted by atomic mass is 9.82. The molecular weight excluding hydrogens is 372 g/mol. The summed E-state index contributed by atoms with van der Waals surface area (Å²) in [4.78, 5) is 22.0. The first-order valence-electron chi connectivity index (χ1n) is 9.60. The maximum absolute atomic E-state index is 12.8. The maximum Gasteiger partial charge on any atom is 0.253 e. The van der Waals surface area contributed by atoms with Gasteiger partial charge >= 0.3 is 0 Å². The molecule has 0 amide bonds. The Balaban J connectivity index is 1.62. The molecule has 1 aromatic carbocycles. The number of hydrogen-bond donors (Lipinski definition) is 0. The monoisotopic (exact) mass is 396 g/mol. The lowest BCUT2D eigenvalue weighted by Gasteiger charge is -2.24. The molecular formula is C21H24N4O2S. The number of aromatic nitrogens is 4. The molecule has 0 saturated heterocycles. The highest BCUT2D eigenvalue weighted by molar-refractivity contribution is 7.99. The Labute approximate surface area is 168 Å². The van der Waals surface area contributed by atoms with E-state index in [2.05, 4.69) is 28.9 Å². The van der Waals surface area contributed by atoms with Gasteiger partial charge in [-0.25, -0.2) is 9.50 Å². The molecule has 3 aromatic rings. The third-order valence-corrected chi connectivity index (χ3v) is 5.94. The molecule has 2 heterocycles. The van der Waals surface area contributed by atoms with Crippen LogP contribution in [0.3, 0.4) is 0 Å². The van der Waals surface area contributed by atoms with E-state index in [4.69, 9.17) is 4.74 Å². The quantitative estimate of drug-likeness (QED) is 0.582. The predicted octanol–water partition coefficient (Wildman–Crippen LogP) is 4.18. The number of rotatable bonds is 6. The second-order valence-corrected chi connectivity index (χ2v) is 8.60. The number of ketones is 1. The summed E-state index contributed by atoms with van der Waals surface area (Å²) in [5.41, 5.74) is 2.50. The van der Waals surface area contributed by atoms with Crippen molar-refractivity contribution in [3.63, 3.8) is 0 Å². The van der Waals surface area contributed by atoms with Crippen LogP contribution in [0.4, 0.5) is 0 Å². The number of nitrogens with zero attached hydrogens (tertiary/aromatic N) is 4. The van der Waals surface area contributed by atoms with E-state index in [9.17, 15) is 4.79 Å². The summed E-state index contributed by atoms with van der Waals surface area (Å²) in [6, 6.07) is 7.89. The van der Waals surface area contributed by atoms with Crippen LogP contribution in [0.2, 0.25) is 0 Å². The number of carbonyl (C=O) groups is 1. The van der Waals surface area contributed by atoms with Gasteiger partial charge in [0.2, 0.25) is 5.16 Å². The lowest BCUT2D eigenvalue weighted by molar-refractivity contribution is 0.0962. The second kappa shape index (κ2) is 7.91. The molecule has 7 heteroatoms. The fourth-order valence-electron chi connectivity index (χ4n) is 3.54. The molecule has 0 unspecified atom stereocenters. The minimum absolute atomic E-state index is 0.0638. The van der Waals surface area contributed by atoms with E-state index >= 15 is 0 Å². The molecule has 0 fully saturated rings. The van der Waals surface area contributed by atoms with Gasteiger partial charge in [-0.2, -0.15) is 4.98 Å². The number of benzene rings is 1. The van der Waals surface area contributed by atoms with Gasteiger partial charge in [0.15, 0.2) is 5.78 Å². The van der Waals surface area contributed by atoms with Gasteiger partial charge in [0, 0.05) is 24.3 Å². The zero-order chi connectivity index (χ0) is 19.7. The van der Waals surface area contributed by atoms with E-state index in [1.807, 2.05) is 24.3 Å². The SMILES string of the molecule is COc1ccccc1[C@@H]1CC(=O)c2cn3nc(SCCC(C)C)nc3nc2C1. The third-order valence-electron chi connectivity index (χ3n) is 5.07. The van der Waals surface area contributed by atoms with Crippen molar-refractivity contribution in [3.8, 4) is 5.75 Å². The standard InChI is InChI=1S/C21H24N4O2S/c1-13(2)8-9-28-21-23-20-22-17-10-14(15-6-4-5-7-19(15)27-3)11-18(26)16(17)12-25(20)24-21/h4-7,12-14H,8-11H2,1-3H3/t14-/m0/s1. The van der Waals surface area contributed by atoms with E-state index in [0.717, 1.165) is 29.2 Å². The van der Waals surface area contributed by atoms with Gasteiger partial charge in [-0.15, -0.1) is 5.10 Å². The number of thioether (sulfide) groups is 1. The van der Waals surface area contributed by atoms with Crippen LogP contribution in [0.1, 0.15) is 54.2 Å². The molecule has 28 heavy (non-hydrogen) atoms. The normalized spacial score (nSPS) is 16.6. The van der Waals surface area contributed by atoms with Crippen molar-refractivity contribution in [2.24, 2.45) is 5.92 Å². The highest BCUT2D eigenvalue weighted by Crippen LogP contribution is 2.36. The first-order chi connectivity index (χ1) is 13.5. The molecule has 4 rings (SSSR count). The van der Waals surface area contributed by atoms with Gasteiger partial charge in [-0.3, -0.25) is 4.79 Å². The second-order valence-electron chi connectivity index (χ2n) is 7.54. The van der Waals surface area contributed by atoms with Crippen LogP contribution in [0.15, 0.2) is 35.6 Å². The molecule has 1 atom stereocenters. The van der Waals surface area contributed by atoms with Gasteiger partial charge in [0.25, 0.3) is 5.78 Å². The average Bonchev–Trinajstić information content (AvgIpc) is 3.07. The molecule has 0 saturated carbocycles. The number of carbonyl (C=O) groups excluding carboxylic acids is 1. The summed E-state index contributed by atoms with van der Waals surface area (Å²) in [6.45, 7) is 4.41. The number of hydrogen-bond acceptors (Lipinski definition) is 6. The van der Waals surface area contributed by atoms with E-state index in [1.165, 1.54) is 0 Å². The van der Waals surface area contributed by atoms with Crippen LogP contribution in [0.5, 0.6) is 5.75 Å². The van der Waals surface area contributed by atoms with Crippen LogP contribution < -0.4 is 4.74 Å². The van der Waals surface area contributed by atoms with Crippen molar-refractivity contribution in [3.05, 3.63) is 47.3 Å². The molecule has 2 aromatic heterocycles. The van der Waals surface area contributed by atoms with Crippen molar-refractivity contribution in [1.29, 1.82) is 0 Å². The van der Waals surface area contributed by atoms with Crippen LogP contribution in [0, 0.1) is 5.92 Å². The van der Waals surface area contributed by atoms with Crippen molar-refractivity contribution < 1.29 is 9.53 Å². The summed E-state index contributed by atoms with van der Waals surface area (Å²) < 4.78 is 7.13. The van der Waals surface area contributed by atoms with E-state index in [0.29, 0.717) is 35.3 Å². The molecule has 146 valence electrons. The summed E-state index contributed by atoms with van der Waals surface area (Å²) in [7, 11) is 1.66. The Bertz CT molecular complexity index is 1010. The number of Topliss-reactive ketones (excluding diaryl/α,β-unsaturated/α-hetero) is 1. The van der Waals surface area contributed by atoms with Crippen molar-refractivity contribution >= 4 is 23.3 Å². The summed E-state index contributed by atoms with van der Waals surface area (Å²) in [5.74, 6) is 3.16. The molecule has 6 nitrogen and oxygen atoms in total. The van der Waals surface area contributed by atoms with Crippen molar-refractivity contribution in [2.75, 3.05) is 12.9 Å². The summed E-state index contributed by atoms with van der Waals surface area (Å²) in [6.07, 6.45) is 4.05. The highest BCUT2D eigenvalue weighted by atomic mass is 32.2. The fraction of sp³-hybridized carbons (Fsp3) is 0.429. The molecule has 1 aliphatic carbocycles. The predicted molar refractivity (Wildman–Crippen MR) is 109 cm³/mol. The molecule has 0 spiro atoms. The lowest BCUT2D eigenvalue weighted by Crippen LogP contribution is -2.21. The largest absolute Gasteiger partial charge is 0.496 e. The van der Waals surface area contributed by atoms with Crippen LogP contribution in [0.25, 0.3) is 5.78 Å². The van der Waals surface area contributed by atoms with Gasteiger partial charge in [-0.05, 0) is 30.4 Å². The Morgan fingerprint density at radius 1 is 1.25 bits per heavy atom. The van der Waals surface area contributed by atoms with Gasteiger partial charge in [0.05, 0.1) is 18.4 Å². The molecule has 0 bridgehead atoms. The minimum Gasteiger partial charge on any atom is -0.496 e. The van der Waals surface area contributed by atoms with E-state index in [-0.39, 0.29) is 11.7 Å². The van der Waals surface area contributed by atoms with E-state index in [1.54, 1.807) is 29.6 Å². The van der Waals surface area contributed by atoms with Crippen LogP contribution >= 0.6 is 11.8 Å². The Hall–Kier alpha value is -2.41. The average molecular weight is 397 g/mol. The molecule has 0 radical (unpaired) electrons. The smallest absolute Gasteiger partial charge is 0.253 e. The molecule has 0 N–H and O–H groups in total. The van der Waals surface area contributed by atoms with Crippen molar-refractivity contribution in [2.45, 2.75) is 44.2 Å². The zero-order valence-electron chi connectivity index (χ0n) is 16.4. The maximum atomic E-state index is 12.8. The number of ether oxygens (including phenoxy) is 1. The molecule has 1 aliphatic rings. The minimum atomic E-state index is 0.0638. The zero-order valence-corrected chi connectivity index (χ0v) is 17.2. The fourth-order valence-corrected chi connectivity index (χ4v) is 4.60. The first kappa shape index (κ1) is 18.9. The Morgan fingerprint density at radius 2 is 2.07 bits per heavy atom. The Morgan fingerprint density at radius 3 is 2.86 bits per heavy atom. The highest BCUT2D eigenvalue weighted by Gasteiger charge is 2.30. The van der Waals surface area contributed by atoms with Gasteiger partial charge in [0.1, 0.15) is 5.75 Å². The number of methoxy groups -OCH3 is 1. The Kier molecular flexibility index (Phi) is 5.35. The third kappa shape index (κ3) is 3.76. The topological polar surface area (TPSA) is 69.4 Å². The van der Waals surface area contributed by atoms with Gasteiger partial charge in [-0.1, -0.05) is 43.8 Å². The van der Waals surface area contributed by atoms with Crippen LogP contribution in [-0.4, -0.2) is 38.2 Å². The summed E-state index contributed by atoms with van der Waals surface area (Å²) in [5, 5.41) is 5.20. The van der Waals surface area contributed by atoms with E-state index < -0.39 is 0 Å². The van der Waals surface area contributed by atoms with Crippen molar-refractivity contribution in [1.82, 2.24) is 19.6 Å². The van der Waals surface area contributed by atoms with Gasteiger partial charge < -0.3 is 4.74 Å². The van der Waals surface area contributed by atoms with Crippen LogP contribution in [-0.2, 0) is 6.42 Å². The number of para-hydroxylation sites is 1. The first-order valence-corrected chi connectivity index (χ1v) is 10.6.